The first-order valence-electron chi connectivity index (χ1n) is 8.72. The topological polar surface area (TPSA) is 88.8 Å². The molecule has 25 heavy (non-hydrogen) atoms. The number of phenolic OH excluding ortho intramolecular Hbond substituents is 1. The van der Waals surface area contributed by atoms with Crippen molar-refractivity contribution in [3.05, 3.63) is 28.6 Å². The Balaban J connectivity index is 2.36. The lowest BCUT2D eigenvalue weighted by atomic mass is 10.1. The van der Waals surface area contributed by atoms with Crippen LogP contribution in [0.4, 0.5) is 0 Å². The summed E-state index contributed by atoms with van der Waals surface area (Å²) in [6.07, 6.45) is 6.41. The van der Waals surface area contributed by atoms with Crippen LogP contribution in [0.5, 0.6) is 17.2 Å². The molecule has 0 saturated heterocycles. The van der Waals surface area contributed by atoms with Gasteiger partial charge in [0.15, 0.2) is 5.75 Å². The van der Waals surface area contributed by atoms with Crippen molar-refractivity contribution in [2.45, 2.75) is 58.9 Å². The number of phenols is 1. The molecular formula is C19H25NO5. The smallest absolute Gasteiger partial charge is 0.308 e. The zero-order chi connectivity index (χ0) is 18.4. The number of benzene rings is 1. The maximum absolute atomic E-state index is 12.7. The number of fused-ring (bicyclic) bond motifs is 1. The van der Waals surface area contributed by atoms with E-state index in [0.717, 1.165) is 19.3 Å². The van der Waals surface area contributed by atoms with E-state index in [1.54, 1.807) is 0 Å². The van der Waals surface area contributed by atoms with E-state index < -0.39 is 11.5 Å². The Hall–Kier alpha value is -2.50. The van der Waals surface area contributed by atoms with Crippen LogP contribution in [-0.4, -0.2) is 20.7 Å². The lowest BCUT2D eigenvalue weighted by Crippen LogP contribution is -2.24. The van der Waals surface area contributed by atoms with Crippen molar-refractivity contribution in [3.8, 4) is 17.2 Å². The number of pyridine rings is 1. The van der Waals surface area contributed by atoms with Gasteiger partial charge >= 0.3 is 5.97 Å². The van der Waals surface area contributed by atoms with E-state index in [4.69, 9.17) is 4.74 Å². The summed E-state index contributed by atoms with van der Waals surface area (Å²) in [5.41, 5.74) is -0.147. The van der Waals surface area contributed by atoms with Crippen LogP contribution < -0.4 is 10.3 Å². The third-order valence-electron chi connectivity index (χ3n) is 4.16. The summed E-state index contributed by atoms with van der Waals surface area (Å²) in [6.45, 7) is 3.77. The van der Waals surface area contributed by atoms with Crippen molar-refractivity contribution in [3.63, 3.8) is 0 Å². The monoisotopic (exact) mass is 347 g/mol. The van der Waals surface area contributed by atoms with Crippen molar-refractivity contribution >= 4 is 16.9 Å². The van der Waals surface area contributed by atoms with Crippen LogP contribution in [0.1, 0.15) is 52.4 Å². The number of esters is 1. The quantitative estimate of drug-likeness (QED) is 0.561. The van der Waals surface area contributed by atoms with E-state index >= 15 is 0 Å². The number of ether oxygens (including phenoxy) is 1. The molecule has 1 heterocycles. The number of aryl methyl sites for hydroxylation is 1. The highest BCUT2D eigenvalue weighted by atomic mass is 16.5. The second-order valence-corrected chi connectivity index (χ2v) is 6.20. The molecule has 0 aliphatic rings. The van der Waals surface area contributed by atoms with E-state index in [1.165, 1.54) is 49.0 Å². The highest BCUT2D eigenvalue weighted by molar-refractivity contribution is 5.89. The van der Waals surface area contributed by atoms with Gasteiger partial charge in [0, 0.05) is 24.9 Å². The first-order valence-corrected chi connectivity index (χ1v) is 8.72. The molecule has 1 aromatic carbocycles. The molecule has 0 saturated carbocycles. The fraction of sp³-hybridized carbons (Fsp3) is 0.474. The first-order chi connectivity index (χ1) is 12.0. The van der Waals surface area contributed by atoms with Crippen LogP contribution in [0, 0.1) is 0 Å². The molecule has 0 amide bonds. The van der Waals surface area contributed by atoms with Gasteiger partial charge in [-0.15, -0.1) is 0 Å². The zero-order valence-corrected chi connectivity index (χ0v) is 14.7. The fourth-order valence-electron chi connectivity index (χ4n) is 2.91. The molecule has 0 unspecified atom stereocenters. The van der Waals surface area contributed by atoms with Crippen molar-refractivity contribution in [1.82, 2.24) is 4.57 Å². The number of nitrogens with zero attached hydrogens (tertiary/aromatic N) is 1. The summed E-state index contributed by atoms with van der Waals surface area (Å²) in [4.78, 5) is 23.9. The van der Waals surface area contributed by atoms with Gasteiger partial charge in [-0.25, -0.2) is 0 Å². The molecule has 6 heteroatoms. The first kappa shape index (κ1) is 18.8. The van der Waals surface area contributed by atoms with Crippen molar-refractivity contribution in [1.29, 1.82) is 0 Å². The van der Waals surface area contributed by atoms with E-state index in [1.807, 2.05) is 0 Å². The van der Waals surface area contributed by atoms with Gasteiger partial charge in [-0.3, -0.25) is 9.59 Å². The summed E-state index contributed by atoms with van der Waals surface area (Å²) in [7, 11) is 0. The fourth-order valence-corrected chi connectivity index (χ4v) is 2.91. The minimum Gasteiger partial charge on any atom is -0.508 e. The highest BCUT2D eigenvalue weighted by Crippen LogP contribution is 2.33. The summed E-state index contributed by atoms with van der Waals surface area (Å²) >= 11 is 0. The number of rotatable bonds is 8. The van der Waals surface area contributed by atoms with Gasteiger partial charge in [0.1, 0.15) is 5.75 Å². The van der Waals surface area contributed by atoms with Gasteiger partial charge in [0.05, 0.1) is 5.52 Å². The molecule has 0 aliphatic carbocycles. The molecule has 6 nitrogen and oxygen atoms in total. The Morgan fingerprint density at radius 1 is 1.12 bits per heavy atom. The molecule has 0 spiro atoms. The molecule has 136 valence electrons. The zero-order valence-electron chi connectivity index (χ0n) is 14.7. The van der Waals surface area contributed by atoms with Gasteiger partial charge in [-0.05, 0) is 18.6 Å². The summed E-state index contributed by atoms with van der Waals surface area (Å²) in [6, 6.07) is 4.36. The Kier molecular flexibility index (Phi) is 6.44. The molecule has 0 radical (unpaired) electrons. The average Bonchev–Trinajstić information content (AvgIpc) is 2.57. The SMILES string of the molecule is CCCCCCCCn1c(=O)c(OC(C)=O)c(O)c2ccc(O)cc21. The predicted octanol–water partition coefficient (Wildman–Crippen LogP) is 3.70. The summed E-state index contributed by atoms with van der Waals surface area (Å²) in [5.74, 6) is -1.41. The third kappa shape index (κ3) is 4.53. The lowest BCUT2D eigenvalue weighted by Gasteiger charge is -2.14. The highest BCUT2D eigenvalue weighted by Gasteiger charge is 2.19. The van der Waals surface area contributed by atoms with Gasteiger partial charge in [-0.2, -0.15) is 0 Å². The van der Waals surface area contributed by atoms with Crippen LogP contribution in [0.2, 0.25) is 0 Å². The van der Waals surface area contributed by atoms with Gasteiger partial charge < -0.3 is 19.5 Å². The molecule has 2 N–H and O–H groups in total. The van der Waals surface area contributed by atoms with Crippen LogP contribution >= 0.6 is 0 Å². The van der Waals surface area contributed by atoms with Crippen LogP contribution in [0.15, 0.2) is 23.0 Å². The minimum atomic E-state index is -0.670. The van der Waals surface area contributed by atoms with E-state index in [0.29, 0.717) is 17.4 Å². The average molecular weight is 347 g/mol. The molecule has 0 atom stereocenters. The maximum Gasteiger partial charge on any atom is 0.308 e. The van der Waals surface area contributed by atoms with Crippen molar-refractivity contribution in [2.24, 2.45) is 0 Å². The summed E-state index contributed by atoms with van der Waals surface area (Å²) in [5, 5.41) is 20.4. The Bertz CT molecular complexity index is 810. The second kappa shape index (κ2) is 8.55. The maximum atomic E-state index is 12.7. The Labute approximate surface area is 146 Å². The number of carbonyl (C=O) groups is 1. The van der Waals surface area contributed by atoms with E-state index in [9.17, 15) is 19.8 Å². The normalized spacial score (nSPS) is 11.0. The molecule has 1 aromatic heterocycles. The molecule has 2 aromatic rings. The molecule has 0 fully saturated rings. The minimum absolute atomic E-state index is 0.00299. The van der Waals surface area contributed by atoms with Crippen molar-refractivity contribution < 1.29 is 19.7 Å². The van der Waals surface area contributed by atoms with E-state index in [-0.39, 0.29) is 17.2 Å². The number of unbranched alkanes of at least 4 members (excludes halogenated alkanes) is 5. The van der Waals surface area contributed by atoms with Crippen LogP contribution in [0.3, 0.4) is 0 Å². The standard InChI is InChI=1S/C19H25NO5/c1-3-4-5-6-7-8-11-20-16-12-14(22)9-10-15(16)17(23)18(19(20)24)25-13(2)21/h9-10,12,22-23H,3-8,11H2,1-2H3. The summed E-state index contributed by atoms with van der Waals surface area (Å²) < 4.78 is 6.38. The largest absolute Gasteiger partial charge is 0.508 e. The Morgan fingerprint density at radius 2 is 1.80 bits per heavy atom. The molecule has 0 bridgehead atoms. The molecule has 0 aliphatic heterocycles. The van der Waals surface area contributed by atoms with Crippen LogP contribution in [0.25, 0.3) is 10.9 Å². The van der Waals surface area contributed by atoms with Gasteiger partial charge in [0.25, 0.3) is 5.56 Å². The van der Waals surface area contributed by atoms with Crippen molar-refractivity contribution in [2.75, 3.05) is 0 Å². The van der Waals surface area contributed by atoms with Crippen LogP contribution in [-0.2, 0) is 11.3 Å². The van der Waals surface area contributed by atoms with Gasteiger partial charge in [0.2, 0.25) is 5.75 Å². The number of hydrogen-bond acceptors (Lipinski definition) is 5. The predicted molar refractivity (Wildman–Crippen MR) is 96.2 cm³/mol. The van der Waals surface area contributed by atoms with E-state index in [2.05, 4.69) is 6.92 Å². The molecule has 2 rings (SSSR count). The number of aromatic hydroxyl groups is 2. The number of aromatic nitrogens is 1. The second-order valence-electron chi connectivity index (χ2n) is 6.20. The van der Waals surface area contributed by atoms with Gasteiger partial charge in [-0.1, -0.05) is 39.0 Å². The molecular weight excluding hydrogens is 322 g/mol. The Morgan fingerprint density at radius 3 is 2.48 bits per heavy atom. The number of carbonyl (C=O) groups excluding carboxylic acids is 1. The lowest BCUT2D eigenvalue weighted by molar-refractivity contribution is -0.132. The number of hydrogen-bond donors (Lipinski definition) is 2. The third-order valence-corrected chi connectivity index (χ3v) is 4.16.